The second kappa shape index (κ2) is 8.34. The zero-order chi connectivity index (χ0) is 18.2. The van der Waals surface area contributed by atoms with Crippen molar-refractivity contribution < 1.29 is 24.2 Å². The topological polar surface area (TPSA) is 109 Å². The summed E-state index contributed by atoms with van der Waals surface area (Å²) in [5, 5.41) is 15.6. The number of nitrogens with zero attached hydrogens (tertiary/aromatic N) is 1. The van der Waals surface area contributed by atoms with Gasteiger partial charge in [-0.1, -0.05) is 12.1 Å². The number of hydrazone groups is 1. The van der Waals surface area contributed by atoms with Crippen LogP contribution in [-0.2, 0) is 9.59 Å². The van der Waals surface area contributed by atoms with E-state index in [0.29, 0.717) is 22.7 Å². The molecule has 0 aliphatic rings. The maximum absolute atomic E-state index is 11.9. The molecule has 0 unspecified atom stereocenters. The summed E-state index contributed by atoms with van der Waals surface area (Å²) in [6.45, 7) is 0. The SMILES string of the molecule is COc1ccc(NC(=O)C(=O)NN=Cc2ccccc2O)c(OC)c1. The van der Waals surface area contributed by atoms with Crippen LogP contribution in [0.5, 0.6) is 17.2 Å². The van der Waals surface area contributed by atoms with E-state index in [1.807, 2.05) is 0 Å². The molecule has 0 aliphatic heterocycles. The number of anilines is 1. The number of phenolic OH excluding ortho intramolecular Hbond substituents is 1. The number of benzene rings is 2. The van der Waals surface area contributed by atoms with Gasteiger partial charge in [0.15, 0.2) is 0 Å². The van der Waals surface area contributed by atoms with Crippen molar-refractivity contribution in [2.24, 2.45) is 5.10 Å². The van der Waals surface area contributed by atoms with Gasteiger partial charge in [-0.2, -0.15) is 5.10 Å². The maximum atomic E-state index is 11.9. The van der Waals surface area contributed by atoms with E-state index in [2.05, 4.69) is 15.8 Å². The van der Waals surface area contributed by atoms with E-state index in [1.165, 1.54) is 26.5 Å². The first-order valence-electron chi connectivity index (χ1n) is 7.19. The molecule has 25 heavy (non-hydrogen) atoms. The molecule has 2 rings (SSSR count). The van der Waals surface area contributed by atoms with Gasteiger partial charge in [0.1, 0.15) is 17.2 Å². The first-order chi connectivity index (χ1) is 12.0. The normalized spacial score (nSPS) is 10.3. The summed E-state index contributed by atoms with van der Waals surface area (Å²) in [5.41, 5.74) is 2.80. The van der Waals surface area contributed by atoms with E-state index < -0.39 is 11.8 Å². The molecular formula is C17H17N3O5. The second-order valence-electron chi connectivity index (χ2n) is 4.78. The molecule has 0 heterocycles. The lowest BCUT2D eigenvalue weighted by molar-refractivity contribution is -0.136. The molecule has 0 bridgehead atoms. The third-order valence-electron chi connectivity index (χ3n) is 3.17. The lowest BCUT2D eigenvalue weighted by Crippen LogP contribution is -2.32. The number of aromatic hydroxyl groups is 1. The molecule has 2 aromatic rings. The third kappa shape index (κ3) is 4.71. The van der Waals surface area contributed by atoms with Gasteiger partial charge in [-0.3, -0.25) is 9.59 Å². The Kier molecular flexibility index (Phi) is 5.94. The summed E-state index contributed by atoms with van der Waals surface area (Å²) in [6.07, 6.45) is 1.23. The van der Waals surface area contributed by atoms with Gasteiger partial charge in [-0.15, -0.1) is 0 Å². The summed E-state index contributed by atoms with van der Waals surface area (Å²) in [5.74, 6) is -0.986. The van der Waals surface area contributed by atoms with E-state index in [1.54, 1.807) is 36.4 Å². The van der Waals surface area contributed by atoms with Crippen LogP contribution in [0.25, 0.3) is 0 Å². The highest BCUT2D eigenvalue weighted by Crippen LogP contribution is 2.28. The van der Waals surface area contributed by atoms with Crippen LogP contribution in [0.2, 0.25) is 0 Å². The largest absolute Gasteiger partial charge is 0.507 e. The highest BCUT2D eigenvalue weighted by molar-refractivity contribution is 6.39. The van der Waals surface area contributed by atoms with E-state index in [-0.39, 0.29) is 5.75 Å². The summed E-state index contributed by atoms with van der Waals surface area (Å²) in [7, 11) is 2.93. The van der Waals surface area contributed by atoms with Gasteiger partial charge in [-0.25, -0.2) is 5.43 Å². The molecule has 0 radical (unpaired) electrons. The minimum Gasteiger partial charge on any atom is -0.507 e. The zero-order valence-electron chi connectivity index (χ0n) is 13.6. The van der Waals surface area contributed by atoms with Gasteiger partial charge in [0, 0.05) is 11.6 Å². The van der Waals surface area contributed by atoms with E-state index in [4.69, 9.17) is 9.47 Å². The molecule has 0 spiro atoms. The third-order valence-corrected chi connectivity index (χ3v) is 3.17. The van der Waals surface area contributed by atoms with Crippen LogP contribution in [0.3, 0.4) is 0 Å². The van der Waals surface area contributed by atoms with Gasteiger partial charge >= 0.3 is 11.8 Å². The summed E-state index contributed by atoms with van der Waals surface area (Å²) < 4.78 is 10.2. The minimum absolute atomic E-state index is 0.00733. The lowest BCUT2D eigenvalue weighted by Gasteiger charge is -2.10. The molecule has 0 aromatic heterocycles. The van der Waals surface area contributed by atoms with Crippen LogP contribution < -0.4 is 20.2 Å². The fourth-order valence-corrected chi connectivity index (χ4v) is 1.89. The predicted octanol–water partition coefficient (Wildman–Crippen LogP) is 1.50. The van der Waals surface area contributed by atoms with Crippen molar-refractivity contribution >= 4 is 23.7 Å². The molecule has 0 saturated carbocycles. The molecule has 3 N–H and O–H groups in total. The molecule has 2 amide bonds. The van der Waals surface area contributed by atoms with E-state index in [0.717, 1.165) is 0 Å². The average Bonchev–Trinajstić information content (AvgIpc) is 2.63. The number of methoxy groups -OCH3 is 2. The minimum atomic E-state index is -0.968. The summed E-state index contributed by atoms with van der Waals surface area (Å²) in [4.78, 5) is 23.7. The first kappa shape index (κ1) is 17.8. The van der Waals surface area contributed by atoms with Crippen molar-refractivity contribution in [2.75, 3.05) is 19.5 Å². The smallest absolute Gasteiger partial charge is 0.329 e. The molecule has 0 fully saturated rings. The Balaban J connectivity index is 1.99. The first-order valence-corrected chi connectivity index (χ1v) is 7.19. The van der Waals surface area contributed by atoms with Crippen molar-refractivity contribution in [3.05, 3.63) is 48.0 Å². The Bertz CT molecular complexity index is 805. The predicted molar refractivity (Wildman–Crippen MR) is 92.0 cm³/mol. The van der Waals surface area contributed by atoms with Gasteiger partial charge in [-0.05, 0) is 24.3 Å². The fraction of sp³-hybridized carbons (Fsp3) is 0.118. The fourth-order valence-electron chi connectivity index (χ4n) is 1.89. The van der Waals surface area contributed by atoms with Crippen LogP contribution in [0.1, 0.15) is 5.56 Å². The number of nitrogens with one attached hydrogen (secondary N) is 2. The second-order valence-corrected chi connectivity index (χ2v) is 4.78. The number of hydrogen-bond acceptors (Lipinski definition) is 6. The number of amides is 2. The van der Waals surface area contributed by atoms with Crippen LogP contribution in [-0.4, -0.2) is 37.4 Å². The Labute approximate surface area is 144 Å². The van der Waals surface area contributed by atoms with Crippen molar-refractivity contribution in [2.45, 2.75) is 0 Å². The van der Waals surface area contributed by atoms with Crippen molar-refractivity contribution in [3.8, 4) is 17.2 Å². The van der Waals surface area contributed by atoms with Crippen LogP contribution in [0, 0.1) is 0 Å². The quantitative estimate of drug-likeness (QED) is 0.433. The molecule has 8 nitrogen and oxygen atoms in total. The zero-order valence-corrected chi connectivity index (χ0v) is 13.6. The van der Waals surface area contributed by atoms with Crippen LogP contribution >= 0.6 is 0 Å². The summed E-state index contributed by atoms with van der Waals surface area (Å²) in [6, 6.07) is 11.2. The maximum Gasteiger partial charge on any atom is 0.329 e. The Morgan fingerprint density at radius 3 is 2.52 bits per heavy atom. The average molecular weight is 343 g/mol. The molecule has 130 valence electrons. The number of hydrogen-bond donors (Lipinski definition) is 3. The number of ether oxygens (including phenoxy) is 2. The molecule has 0 saturated heterocycles. The standard InChI is InChI=1S/C17H17N3O5/c1-24-12-7-8-13(15(9-12)25-2)19-16(22)17(23)20-18-10-11-5-3-4-6-14(11)21/h3-10,21H,1-2H3,(H,19,22)(H,20,23). The monoisotopic (exact) mass is 343 g/mol. The molecule has 2 aromatic carbocycles. The van der Waals surface area contributed by atoms with Crippen molar-refractivity contribution in [1.29, 1.82) is 0 Å². The lowest BCUT2D eigenvalue weighted by atomic mass is 10.2. The van der Waals surface area contributed by atoms with Gasteiger partial charge in [0.25, 0.3) is 0 Å². The van der Waals surface area contributed by atoms with Crippen molar-refractivity contribution in [3.63, 3.8) is 0 Å². The number of para-hydroxylation sites is 1. The highest BCUT2D eigenvalue weighted by atomic mass is 16.5. The molecule has 0 atom stereocenters. The van der Waals surface area contributed by atoms with E-state index >= 15 is 0 Å². The van der Waals surface area contributed by atoms with Gasteiger partial charge < -0.3 is 19.9 Å². The van der Waals surface area contributed by atoms with E-state index in [9.17, 15) is 14.7 Å². The van der Waals surface area contributed by atoms with Crippen LogP contribution in [0.15, 0.2) is 47.6 Å². The molecule has 0 aliphatic carbocycles. The molecule has 8 heteroatoms. The Morgan fingerprint density at radius 2 is 1.84 bits per heavy atom. The number of rotatable bonds is 5. The van der Waals surface area contributed by atoms with Crippen molar-refractivity contribution in [1.82, 2.24) is 5.43 Å². The Hall–Kier alpha value is -3.55. The van der Waals surface area contributed by atoms with Crippen LogP contribution in [0.4, 0.5) is 5.69 Å². The highest BCUT2D eigenvalue weighted by Gasteiger charge is 2.15. The number of phenols is 1. The summed E-state index contributed by atoms with van der Waals surface area (Å²) >= 11 is 0. The van der Waals surface area contributed by atoms with Gasteiger partial charge in [0.2, 0.25) is 0 Å². The van der Waals surface area contributed by atoms with Gasteiger partial charge in [0.05, 0.1) is 26.1 Å². The Morgan fingerprint density at radius 1 is 1.08 bits per heavy atom. The number of carbonyl (C=O) groups excluding carboxylic acids is 2. The molecular weight excluding hydrogens is 326 g/mol. The number of carbonyl (C=O) groups is 2.